The van der Waals surface area contributed by atoms with Gasteiger partial charge in [0.2, 0.25) is 5.91 Å². The molecule has 17 heavy (non-hydrogen) atoms. The van der Waals surface area contributed by atoms with Crippen LogP contribution in [-0.4, -0.2) is 37.0 Å². The van der Waals surface area contributed by atoms with Gasteiger partial charge in [0.1, 0.15) is 0 Å². The molecule has 1 saturated carbocycles. The molecule has 0 aromatic carbocycles. The van der Waals surface area contributed by atoms with Crippen molar-refractivity contribution in [3.63, 3.8) is 0 Å². The summed E-state index contributed by atoms with van der Waals surface area (Å²) in [6.07, 6.45) is 10.7. The van der Waals surface area contributed by atoms with Gasteiger partial charge in [0.15, 0.2) is 0 Å². The second-order valence-corrected chi connectivity index (χ2v) is 5.36. The predicted molar refractivity (Wildman–Crippen MR) is 69.6 cm³/mol. The maximum absolute atomic E-state index is 11.9. The largest absolute Gasteiger partial charge is 0.356 e. The van der Waals surface area contributed by atoms with E-state index < -0.39 is 0 Å². The van der Waals surface area contributed by atoms with Gasteiger partial charge in [-0.15, -0.1) is 0 Å². The summed E-state index contributed by atoms with van der Waals surface area (Å²) in [4.78, 5) is 14.3. The molecule has 0 atom stereocenters. The van der Waals surface area contributed by atoms with Crippen LogP contribution in [0.2, 0.25) is 0 Å². The summed E-state index contributed by atoms with van der Waals surface area (Å²) in [5, 5.41) is 3.10. The average Bonchev–Trinajstić information content (AvgIpc) is 2.88. The summed E-state index contributed by atoms with van der Waals surface area (Å²) in [5.41, 5.74) is 0. The molecule has 0 bridgehead atoms. The van der Waals surface area contributed by atoms with E-state index in [-0.39, 0.29) is 0 Å². The van der Waals surface area contributed by atoms with E-state index in [2.05, 4.69) is 16.6 Å². The summed E-state index contributed by atoms with van der Waals surface area (Å²) in [5.74, 6) is 0.613. The molecule has 1 saturated heterocycles. The van der Waals surface area contributed by atoms with E-state index >= 15 is 0 Å². The minimum Gasteiger partial charge on any atom is -0.356 e. The number of hydrogen-bond acceptors (Lipinski definition) is 2. The van der Waals surface area contributed by atoms with E-state index in [0.29, 0.717) is 11.8 Å². The second kappa shape index (κ2) is 7.00. The number of amides is 1. The molecule has 1 aliphatic heterocycles. The second-order valence-electron chi connectivity index (χ2n) is 5.36. The van der Waals surface area contributed by atoms with Crippen LogP contribution in [0.4, 0.5) is 0 Å². The van der Waals surface area contributed by atoms with Gasteiger partial charge in [0.25, 0.3) is 0 Å². The number of rotatable bonds is 5. The van der Waals surface area contributed by atoms with E-state index in [0.717, 1.165) is 38.9 Å². The van der Waals surface area contributed by atoms with E-state index in [1.807, 2.05) is 0 Å². The SMILES string of the molecule is O=C(NCCCN1C[CH]CC1)C1CCCCC1. The van der Waals surface area contributed by atoms with Crippen LogP contribution in [0.25, 0.3) is 0 Å². The Hall–Kier alpha value is -0.570. The zero-order valence-electron chi connectivity index (χ0n) is 10.8. The van der Waals surface area contributed by atoms with Gasteiger partial charge in [0.05, 0.1) is 0 Å². The van der Waals surface area contributed by atoms with Crippen molar-refractivity contribution in [1.29, 1.82) is 0 Å². The maximum Gasteiger partial charge on any atom is 0.223 e. The fraction of sp³-hybridized carbons (Fsp3) is 0.857. The lowest BCUT2D eigenvalue weighted by Gasteiger charge is -2.21. The Balaban J connectivity index is 1.53. The molecule has 0 spiro atoms. The quantitative estimate of drug-likeness (QED) is 0.742. The first kappa shape index (κ1) is 12.9. The Bertz CT molecular complexity index is 230. The van der Waals surface area contributed by atoms with E-state index in [1.165, 1.54) is 32.2 Å². The number of carbonyl (C=O) groups is 1. The highest BCUT2D eigenvalue weighted by molar-refractivity contribution is 5.78. The number of nitrogens with zero attached hydrogens (tertiary/aromatic N) is 1. The third kappa shape index (κ3) is 4.30. The Morgan fingerprint density at radius 1 is 1.29 bits per heavy atom. The Labute approximate surface area is 105 Å². The highest BCUT2D eigenvalue weighted by atomic mass is 16.1. The van der Waals surface area contributed by atoms with Gasteiger partial charge in [-0.25, -0.2) is 0 Å². The van der Waals surface area contributed by atoms with Gasteiger partial charge in [0, 0.05) is 19.0 Å². The minimum atomic E-state index is 0.303. The lowest BCUT2D eigenvalue weighted by molar-refractivity contribution is -0.125. The Morgan fingerprint density at radius 2 is 2.12 bits per heavy atom. The third-order valence-corrected chi connectivity index (χ3v) is 3.96. The first-order valence-corrected chi connectivity index (χ1v) is 7.18. The van der Waals surface area contributed by atoms with Crippen LogP contribution in [0, 0.1) is 12.3 Å². The molecule has 2 rings (SSSR count). The Kier molecular flexibility index (Phi) is 5.30. The Morgan fingerprint density at radius 3 is 2.82 bits per heavy atom. The molecule has 1 N–H and O–H groups in total. The molecular weight excluding hydrogens is 212 g/mol. The molecule has 1 radical (unpaired) electrons. The van der Waals surface area contributed by atoms with Gasteiger partial charge < -0.3 is 10.2 Å². The summed E-state index contributed by atoms with van der Waals surface area (Å²) >= 11 is 0. The molecular formula is C14H25N2O. The number of likely N-dealkylation sites (tertiary alicyclic amines) is 1. The first-order chi connectivity index (χ1) is 8.36. The van der Waals surface area contributed by atoms with Crippen LogP contribution in [0.15, 0.2) is 0 Å². The number of carbonyl (C=O) groups excluding carboxylic acids is 1. The highest BCUT2D eigenvalue weighted by Gasteiger charge is 2.20. The predicted octanol–water partition coefficient (Wildman–Crippen LogP) is 1.98. The normalized spacial score (nSPS) is 22.8. The van der Waals surface area contributed by atoms with Gasteiger partial charge in [-0.2, -0.15) is 0 Å². The van der Waals surface area contributed by atoms with Crippen LogP contribution in [0.3, 0.4) is 0 Å². The van der Waals surface area contributed by atoms with Crippen molar-refractivity contribution in [2.75, 3.05) is 26.2 Å². The standard InChI is InChI=1S/C14H25N2O/c17-14(13-7-2-1-3-8-13)15-9-6-12-16-10-4-5-11-16/h4,13H,1-3,5-12H2,(H,15,17). The van der Waals surface area contributed by atoms with E-state index in [4.69, 9.17) is 0 Å². The monoisotopic (exact) mass is 237 g/mol. The minimum absolute atomic E-state index is 0.303. The molecule has 1 aliphatic carbocycles. The van der Waals surface area contributed by atoms with Gasteiger partial charge in [-0.3, -0.25) is 4.79 Å². The van der Waals surface area contributed by atoms with Crippen molar-refractivity contribution in [1.82, 2.24) is 10.2 Å². The molecule has 97 valence electrons. The third-order valence-electron chi connectivity index (χ3n) is 3.96. The topological polar surface area (TPSA) is 32.3 Å². The first-order valence-electron chi connectivity index (χ1n) is 7.18. The highest BCUT2D eigenvalue weighted by Crippen LogP contribution is 2.23. The van der Waals surface area contributed by atoms with Crippen molar-refractivity contribution in [3.8, 4) is 0 Å². The van der Waals surface area contributed by atoms with Crippen molar-refractivity contribution in [3.05, 3.63) is 6.42 Å². The smallest absolute Gasteiger partial charge is 0.223 e. The molecule has 3 nitrogen and oxygen atoms in total. The number of hydrogen-bond donors (Lipinski definition) is 1. The summed E-state index contributed by atoms with van der Waals surface area (Å²) in [7, 11) is 0. The molecule has 2 aliphatic rings. The van der Waals surface area contributed by atoms with Crippen molar-refractivity contribution in [2.24, 2.45) is 5.92 Å². The molecule has 0 aromatic rings. The van der Waals surface area contributed by atoms with Crippen LogP contribution >= 0.6 is 0 Å². The van der Waals surface area contributed by atoms with E-state index in [9.17, 15) is 4.79 Å². The fourth-order valence-corrected chi connectivity index (χ4v) is 2.87. The van der Waals surface area contributed by atoms with Gasteiger partial charge >= 0.3 is 0 Å². The molecule has 0 unspecified atom stereocenters. The fourth-order valence-electron chi connectivity index (χ4n) is 2.87. The van der Waals surface area contributed by atoms with Crippen molar-refractivity contribution >= 4 is 5.91 Å². The zero-order chi connectivity index (χ0) is 11.9. The molecule has 2 fully saturated rings. The average molecular weight is 237 g/mol. The van der Waals surface area contributed by atoms with Crippen LogP contribution < -0.4 is 5.32 Å². The van der Waals surface area contributed by atoms with Crippen LogP contribution in [0.5, 0.6) is 0 Å². The van der Waals surface area contributed by atoms with Crippen LogP contribution in [-0.2, 0) is 4.79 Å². The van der Waals surface area contributed by atoms with Crippen LogP contribution in [0.1, 0.15) is 44.9 Å². The van der Waals surface area contributed by atoms with Gasteiger partial charge in [-0.1, -0.05) is 19.3 Å². The van der Waals surface area contributed by atoms with E-state index in [1.54, 1.807) is 0 Å². The van der Waals surface area contributed by atoms with Crippen molar-refractivity contribution in [2.45, 2.75) is 44.9 Å². The summed E-state index contributed by atoms with van der Waals surface area (Å²) in [6.45, 7) is 4.32. The lowest BCUT2D eigenvalue weighted by Crippen LogP contribution is -2.34. The van der Waals surface area contributed by atoms with Crippen molar-refractivity contribution < 1.29 is 4.79 Å². The number of nitrogens with one attached hydrogen (secondary N) is 1. The summed E-state index contributed by atoms with van der Waals surface area (Å²) in [6, 6.07) is 0. The molecule has 1 amide bonds. The van der Waals surface area contributed by atoms with Gasteiger partial charge in [-0.05, 0) is 45.2 Å². The molecule has 3 heteroatoms. The molecule has 1 heterocycles. The summed E-state index contributed by atoms with van der Waals surface area (Å²) < 4.78 is 0. The zero-order valence-corrected chi connectivity index (χ0v) is 10.8. The lowest BCUT2D eigenvalue weighted by atomic mass is 9.89. The molecule has 0 aromatic heterocycles. The maximum atomic E-state index is 11.9.